The van der Waals surface area contributed by atoms with E-state index < -0.39 is 8.07 Å². The van der Waals surface area contributed by atoms with Gasteiger partial charge in [-0.15, -0.1) is 0 Å². The third kappa shape index (κ3) is 7.13. The molecule has 6 aromatic carbocycles. The molecule has 6 aromatic rings. The van der Waals surface area contributed by atoms with Crippen LogP contribution in [0.4, 0.5) is 0 Å². The topological polar surface area (TPSA) is 0 Å². The number of allylic oxidation sites excluding steroid dienone is 4. The number of halogens is 3. The lowest BCUT2D eigenvalue weighted by Crippen LogP contribution is -2.73. The van der Waals surface area contributed by atoms with Crippen molar-refractivity contribution >= 4 is 58.4 Å². The zero-order valence-corrected chi connectivity index (χ0v) is 33.5. The van der Waals surface area contributed by atoms with E-state index in [1.165, 1.54) is 65.7 Å². The van der Waals surface area contributed by atoms with Gasteiger partial charge in [-0.25, -0.2) is 0 Å². The standard InChI is InChI=1S/C48H43Cl3Si/c1-33-32-48(4,35(3)34(33)2)52(45-11-5-8-39(29-45)26-36-14-20-42(49)21-15-36,46-12-6-9-40(30-46)27-37-16-22-43(50)23-17-37)47-13-7-10-41(31-47)28-38-18-24-44(51)25-19-38/h5-25,29-32H,26-28H2,1-4H3. The smallest absolute Gasteiger partial charge is 0.0843 e. The van der Waals surface area contributed by atoms with E-state index in [2.05, 4.69) is 143 Å². The van der Waals surface area contributed by atoms with Crippen LogP contribution in [0.2, 0.25) is 20.1 Å². The van der Waals surface area contributed by atoms with E-state index in [0.717, 1.165) is 34.3 Å². The Balaban J connectivity index is 1.48. The molecule has 0 amide bonds. The average Bonchev–Trinajstić information content (AvgIpc) is 3.34. The quantitative estimate of drug-likeness (QED) is 0.0965. The zero-order valence-electron chi connectivity index (χ0n) is 30.2. The molecule has 1 atom stereocenters. The molecule has 0 bridgehead atoms. The maximum atomic E-state index is 6.29. The summed E-state index contributed by atoms with van der Waals surface area (Å²) in [7, 11) is -2.93. The van der Waals surface area contributed by atoms with Gasteiger partial charge in [-0.2, -0.15) is 0 Å². The Morgan fingerprint density at radius 3 is 1.06 bits per heavy atom. The van der Waals surface area contributed by atoms with Gasteiger partial charge in [0, 0.05) is 20.1 Å². The Morgan fingerprint density at radius 2 is 0.769 bits per heavy atom. The molecule has 0 nitrogen and oxygen atoms in total. The second-order valence-electron chi connectivity index (χ2n) is 14.5. The van der Waals surface area contributed by atoms with Crippen molar-refractivity contribution in [1.82, 2.24) is 0 Å². The Kier molecular flexibility index (Phi) is 10.5. The van der Waals surface area contributed by atoms with Crippen LogP contribution >= 0.6 is 34.8 Å². The molecule has 0 aromatic heterocycles. The first-order chi connectivity index (χ1) is 25.0. The van der Waals surface area contributed by atoms with Gasteiger partial charge in [-0.1, -0.05) is 168 Å². The molecule has 0 N–H and O–H groups in total. The van der Waals surface area contributed by atoms with Crippen molar-refractivity contribution in [3.05, 3.63) is 217 Å². The van der Waals surface area contributed by atoms with Crippen molar-refractivity contribution in [3.8, 4) is 0 Å². The maximum Gasteiger partial charge on any atom is 0.161 e. The number of hydrogen-bond donors (Lipinski definition) is 0. The molecule has 0 spiro atoms. The summed E-state index contributed by atoms with van der Waals surface area (Å²) in [5.41, 5.74) is 11.8. The van der Waals surface area contributed by atoms with Crippen molar-refractivity contribution in [2.24, 2.45) is 0 Å². The minimum Gasteiger partial charge on any atom is -0.0843 e. The van der Waals surface area contributed by atoms with Gasteiger partial charge in [0.1, 0.15) is 0 Å². The number of hydrogen-bond acceptors (Lipinski definition) is 0. The molecular weight excluding hydrogens is 711 g/mol. The van der Waals surface area contributed by atoms with Crippen LogP contribution in [-0.4, -0.2) is 8.07 Å². The fourth-order valence-electron chi connectivity index (χ4n) is 8.38. The summed E-state index contributed by atoms with van der Waals surface area (Å²) in [6, 6.07) is 53.2. The van der Waals surface area contributed by atoms with Crippen LogP contribution in [0.15, 0.2) is 168 Å². The largest absolute Gasteiger partial charge is 0.161 e. The highest BCUT2D eigenvalue weighted by Gasteiger charge is 2.56. The highest BCUT2D eigenvalue weighted by Crippen LogP contribution is 2.53. The molecule has 0 radical (unpaired) electrons. The van der Waals surface area contributed by atoms with Crippen LogP contribution in [0.1, 0.15) is 61.1 Å². The summed E-state index contributed by atoms with van der Waals surface area (Å²) in [6.07, 6.45) is 5.10. The first kappa shape index (κ1) is 36.3. The number of benzene rings is 6. The van der Waals surface area contributed by atoms with Gasteiger partial charge < -0.3 is 0 Å². The summed E-state index contributed by atoms with van der Waals surface area (Å²) >= 11 is 18.9. The van der Waals surface area contributed by atoms with E-state index in [-0.39, 0.29) is 5.04 Å². The van der Waals surface area contributed by atoms with Crippen LogP contribution in [-0.2, 0) is 19.3 Å². The summed E-state index contributed by atoms with van der Waals surface area (Å²) in [5, 5.41) is 6.27. The van der Waals surface area contributed by atoms with E-state index in [0.29, 0.717) is 0 Å². The molecule has 1 aliphatic rings. The lowest BCUT2D eigenvalue weighted by Gasteiger charge is -2.47. The van der Waals surface area contributed by atoms with E-state index in [9.17, 15) is 0 Å². The molecule has 0 aliphatic heterocycles. The normalized spacial score (nSPS) is 15.9. The van der Waals surface area contributed by atoms with Gasteiger partial charge in [-0.05, 0) is 131 Å². The van der Waals surface area contributed by atoms with Crippen LogP contribution in [0.25, 0.3) is 0 Å². The number of rotatable bonds is 10. The first-order valence-corrected chi connectivity index (χ1v) is 21.1. The van der Waals surface area contributed by atoms with E-state index in [1.807, 2.05) is 36.4 Å². The molecule has 4 heteroatoms. The van der Waals surface area contributed by atoms with Gasteiger partial charge in [0.25, 0.3) is 0 Å². The summed E-state index contributed by atoms with van der Waals surface area (Å²) in [6.45, 7) is 9.47. The molecule has 260 valence electrons. The Bertz CT molecular complexity index is 2060. The molecule has 0 saturated carbocycles. The maximum absolute atomic E-state index is 6.29. The minimum absolute atomic E-state index is 0.238. The Labute approximate surface area is 325 Å². The van der Waals surface area contributed by atoms with Crippen molar-refractivity contribution in [1.29, 1.82) is 0 Å². The van der Waals surface area contributed by atoms with Crippen LogP contribution in [0.3, 0.4) is 0 Å². The Morgan fingerprint density at radius 1 is 0.442 bits per heavy atom. The average molecular weight is 754 g/mol. The SMILES string of the molecule is CC1=CC(C)([Si](c2cccc(Cc3ccc(Cl)cc3)c2)(c2cccc(Cc3ccc(Cl)cc3)c2)c2cccc(Cc3ccc(Cl)cc3)c2)C(C)=C1C. The van der Waals surface area contributed by atoms with Crippen LogP contribution < -0.4 is 15.6 Å². The highest BCUT2D eigenvalue weighted by molar-refractivity contribution is 7.14. The minimum atomic E-state index is -2.93. The summed E-state index contributed by atoms with van der Waals surface area (Å²) < 4.78 is 0. The van der Waals surface area contributed by atoms with Crippen molar-refractivity contribution in [2.75, 3.05) is 0 Å². The fourth-order valence-corrected chi connectivity index (χ4v) is 15.0. The molecule has 1 aliphatic carbocycles. The van der Waals surface area contributed by atoms with Gasteiger partial charge >= 0.3 is 0 Å². The third-order valence-corrected chi connectivity index (χ3v) is 17.6. The second-order valence-corrected chi connectivity index (χ2v) is 20.1. The van der Waals surface area contributed by atoms with Crippen LogP contribution in [0, 0.1) is 0 Å². The van der Waals surface area contributed by atoms with Gasteiger partial charge in [0.05, 0.1) is 0 Å². The van der Waals surface area contributed by atoms with Crippen LogP contribution in [0.5, 0.6) is 0 Å². The predicted molar refractivity (Wildman–Crippen MR) is 227 cm³/mol. The lowest BCUT2D eigenvalue weighted by atomic mass is 10.0. The molecule has 0 saturated heterocycles. The molecular formula is C48H43Cl3Si. The van der Waals surface area contributed by atoms with E-state index >= 15 is 0 Å². The predicted octanol–water partition coefficient (Wildman–Crippen LogP) is 11.9. The molecule has 0 heterocycles. The van der Waals surface area contributed by atoms with Crippen molar-refractivity contribution in [3.63, 3.8) is 0 Å². The van der Waals surface area contributed by atoms with Crippen molar-refractivity contribution < 1.29 is 0 Å². The highest BCUT2D eigenvalue weighted by atomic mass is 35.5. The Hall–Kier alpha value is -4.11. The first-order valence-electron chi connectivity index (χ1n) is 17.9. The van der Waals surface area contributed by atoms with Crippen molar-refractivity contribution in [2.45, 2.75) is 52.0 Å². The molecule has 52 heavy (non-hydrogen) atoms. The second kappa shape index (κ2) is 15.1. The van der Waals surface area contributed by atoms with Gasteiger partial charge in [-0.3, -0.25) is 0 Å². The summed E-state index contributed by atoms with van der Waals surface area (Å²) in [5.74, 6) is 0. The zero-order chi connectivity index (χ0) is 36.5. The van der Waals surface area contributed by atoms with Gasteiger partial charge in [0.2, 0.25) is 0 Å². The molecule has 1 unspecified atom stereocenters. The molecule has 7 rings (SSSR count). The van der Waals surface area contributed by atoms with E-state index in [4.69, 9.17) is 34.8 Å². The van der Waals surface area contributed by atoms with Gasteiger partial charge in [0.15, 0.2) is 8.07 Å². The van der Waals surface area contributed by atoms with E-state index in [1.54, 1.807) is 0 Å². The lowest BCUT2D eigenvalue weighted by molar-refractivity contribution is 0.870. The summed E-state index contributed by atoms with van der Waals surface area (Å²) in [4.78, 5) is 0. The third-order valence-electron chi connectivity index (χ3n) is 11.3. The monoisotopic (exact) mass is 752 g/mol. The fraction of sp³-hybridized carbons (Fsp3) is 0.167. The molecule has 0 fully saturated rings.